The van der Waals surface area contributed by atoms with Gasteiger partial charge < -0.3 is 0 Å². The number of nitrogens with one attached hydrogen (secondary N) is 1. The molecular weight excluding hydrogens is 138 g/mol. The number of hydrogen-bond donors (Lipinski definition) is 1. The first-order valence-corrected chi connectivity index (χ1v) is 3.86. The first-order valence-electron chi connectivity index (χ1n) is 3.86. The highest BCUT2D eigenvalue weighted by Gasteiger charge is 1.94. The molecule has 2 aromatic rings. The maximum atomic E-state index is 3.99. The average Bonchev–Trinajstić information content (AvgIpc) is 2.60. The van der Waals surface area contributed by atoms with Gasteiger partial charge in [0.05, 0.1) is 0 Å². The van der Waals surface area contributed by atoms with Crippen LogP contribution in [-0.2, 0) is 0 Å². The standard InChI is InChI=1S/C6H7N3.C2H6/c1-5-7-8-6-3-2-4-9(5)6;1-2/h2-4,8H,1H3;1-2H3. The van der Waals surface area contributed by atoms with E-state index in [0.717, 1.165) is 11.5 Å². The topological polar surface area (TPSA) is 33.1 Å². The van der Waals surface area contributed by atoms with E-state index in [1.807, 2.05) is 43.5 Å². The van der Waals surface area contributed by atoms with Gasteiger partial charge >= 0.3 is 0 Å². The Morgan fingerprint density at radius 2 is 2.18 bits per heavy atom. The molecule has 0 saturated heterocycles. The zero-order chi connectivity index (χ0) is 8.27. The summed E-state index contributed by atoms with van der Waals surface area (Å²) in [7, 11) is 0. The van der Waals surface area contributed by atoms with Gasteiger partial charge in [-0.25, -0.2) is 0 Å². The summed E-state index contributed by atoms with van der Waals surface area (Å²) in [6.45, 7) is 5.96. The third-order valence-electron chi connectivity index (χ3n) is 1.43. The van der Waals surface area contributed by atoms with E-state index in [0.29, 0.717) is 0 Å². The minimum Gasteiger partial charge on any atom is -0.289 e. The maximum absolute atomic E-state index is 3.99. The highest BCUT2D eigenvalue weighted by atomic mass is 15.2. The van der Waals surface area contributed by atoms with Gasteiger partial charge in [0.25, 0.3) is 0 Å². The van der Waals surface area contributed by atoms with Gasteiger partial charge in [0.1, 0.15) is 11.5 Å². The number of aromatic amines is 1. The zero-order valence-electron chi connectivity index (χ0n) is 7.13. The van der Waals surface area contributed by atoms with Crippen LogP contribution in [-0.4, -0.2) is 14.6 Å². The molecule has 0 bridgehead atoms. The zero-order valence-corrected chi connectivity index (χ0v) is 7.13. The van der Waals surface area contributed by atoms with Crippen LogP contribution in [0.3, 0.4) is 0 Å². The molecule has 2 rings (SSSR count). The summed E-state index contributed by atoms with van der Waals surface area (Å²) in [5.41, 5.74) is 1.05. The van der Waals surface area contributed by atoms with Crippen molar-refractivity contribution >= 4 is 5.65 Å². The molecule has 60 valence electrons. The van der Waals surface area contributed by atoms with Crippen LogP contribution in [0.1, 0.15) is 19.7 Å². The first kappa shape index (κ1) is 7.85. The van der Waals surface area contributed by atoms with E-state index in [9.17, 15) is 0 Å². The molecule has 0 fully saturated rings. The van der Waals surface area contributed by atoms with E-state index in [1.54, 1.807) is 0 Å². The van der Waals surface area contributed by atoms with Gasteiger partial charge in [0.2, 0.25) is 0 Å². The van der Waals surface area contributed by atoms with E-state index in [-0.39, 0.29) is 0 Å². The van der Waals surface area contributed by atoms with Crippen molar-refractivity contribution in [1.29, 1.82) is 0 Å². The third-order valence-corrected chi connectivity index (χ3v) is 1.43. The predicted molar refractivity (Wildman–Crippen MR) is 45.6 cm³/mol. The normalized spacial score (nSPS) is 9.36. The number of aryl methyl sites for hydroxylation is 1. The van der Waals surface area contributed by atoms with Gasteiger partial charge in [-0.1, -0.05) is 13.8 Å². The predicted octanol–water partition coefficient (Wildman–Crippen LogP) is 2.00. The fourth-order valence-corrected chi connectivity index (χ4v) is 0.946. The molecule has 1 N–H and O–H groups in total. The van der Waals surface area contributed by atoms with Crippen molar-refractivity contribution in [2.24, 2.45) is 0 Å². The van der Waals surface area contributed by atoms with E-state index in [1.165, 1.54) is 0 Å². The first-order chi connectivity index (χ1) is 5.38. The highest BCUT2D eigenvalue weighted by molar-refractivity contribution is 5.37. The smallest absolute Gasteiger partial charge is 0.132 e. The number of nitrogens with zero attached hydrogens (tertiary/aromatic N) is 2. The lowest BCUT2D eigenvalue weighted by molar-refractivity contribution is 1.01. The molecule has 0 radical (unpaired) electrons. The quantitative estimate of drug-likeness (QED) is 0.613. The Morgan fingerprint density at radius 3 is 2.82 bits per heavy atom. The molecule has 3 heteroatoms. The Hall–Kier alpha value is -1.25. The molecular formula is C8H13N3. The Balaban J connectivity index is 0.000000281. The second kappa shape index (κ2) is 3.23. The summed E-state index contributed by atoms with van der Waals surface area (Å²) in [5.74, 6) is 0.995. The minimum absolute atomic E-state index is 0.995. The Bertz CT molecular complexity index is 319. The van der Waals surface area contributed by atoms with Crippen molar-refractivity contribution in [3.63, 3.8) is 0 Å². The second-order valence-corrected chi connectivity index (χ2v) is 2.03. The number of hydrogen-bond acceptors (Lipinski definition) is 1. The van der Waals surface area contributed by atoms with Gasteiger partial charge in [0.15, 0.2) is 0 Å². The number of aromatic nitrogens is 3. The minimum atomic E-state index is 0.995. The summed E-state index contributed by atoms with van der Waals surface area (Å²) in [6, 6.07) is 3.97. The lowest BCUT2D eigenvalue weighted by Gasteiger charge is -1.80. The molecule has 0 aliphatic rings. The van der Waals surface area contributed by atoms with Crippen molar-refractivity contribution < 1.29 is 0 Å². The van der Waals surface area contributed by atoms with Crippen molar-refractivity contribution in [2.75, 3.05) is 0 Å². The SMILES string of the molecule is CC.Cc1n[nH]c2cccn12. The van der Waals surface area contributed by atoms with Crippen LogP contribution in [0.5, 0.6) is 0 Å². The molecule has 11 heavy (non-hydrogen) atoms. The molecule has 0 amide bonds. The third kappa shape index (κ3) is 1.27. The fraction of sp³-hybridized carbons (Fsp3) is 0.375. The Morgan fingerprint density at radius 1 is 1.45 bits per heavy atom. The molecule has 0 aliphatic carbocycles. The van der Waals surface area contributed by atoms with Crippen LogP contribution < -0.4 is 0 Å². The van der Waals surface area contributed by atoms with E-state index < -0.39 is 0 Å². The van der Waals surface area contributed by atoms with E-state index in [4.69, 9.17) is 0 Å². The summed E-state index contributed by atoms with van der Waals surface area (Å²) in [6.07, 6.45) is 1.98. The molecule has 0 aromatic carbocycles. The van der Waals surface area contributed by atoms with Crippen molar-refractivity contribution in [3.8, 4) is 0 Å². The summed E-state index contributed by atoms with van der Waals surface area (Å²) in [5, 5.41) is 6.87. The average molecular weight is 151 g/mol. The van der Waals surface area contributed by atoms with E-state index in [2.05, 4.69) is 10.2 Å². The van der Waals surface area contributed by atoms with Gasteiger partial charge in [0, 0.05) is 6.20 Å². The van der Waals surface area contributed by atoms with Gasteiger partial charge in [-0.05, 0) is 19.1 Å². The van der Waals surface area contributed by atoms with Crippen LogP contribution in [0.15, 0.2) is 18.3 Å². The van der Waals surface area contributed by atoms with Gasteiger partial charge in [-0.3, -0.25) is 9.50 Å². The monoisotopic (exact) mass is 151 g/mol. The summed E-state index contributed by atoms with van der Waals surface area (Å²) < 4.78 is 2.00. The van der Waals surface area contributed by atoms with Gasteiger partial charge in [-0.15, -0.1) is 0 Å². The van der Waals surface area contributed by atoms with Crippen molar-refractivity contribution in [3.05, 3.63) is 24.2 Å². The summed E-state index contributed by atoms with van der Waals surface area (Å²) >= 11 is 0. The number of H-pyrrole nitrogens is 1. The molecule has 2 heterocycles. The van der Waals surface area contributed by atoms with Crippen LogP contribution in [0.2, 0.25) is 0 Å². The van der Waals surface area contributed by atoms with E-state index >= 15 is 0 Å². The highest BCUT2D eigenvalue weighted by Crippen LogP contribution is 2.01. The molecule has 0 spiro atoms. The van der Waals surface area contributed by atoms with Crippen molar-refractivity contribution in [2.45, 2.75) is 20.8 Å². The molecule has 0 aliphatic heterocycles. The molecule has 0 saturated carbocycles. The number of rotatable bonds is 0. The van der Waals surface area contributed by atoms with Crippen LogP contribution >= 0.6 is 0 Å². The van der Waals surface area contributed by atoms with Gasteiger partial charge in [-0.2, -0.15) is 5.10 Å². The van der Waals surface area contributed by atoms with Crippen LogP contribution in [0.4, 0.5) is 0 Å². The summed E-state index contributed by atoms with van der Waals surface area (Å²) in [4.78, 5) is 0. The van der Waals surface area contributed by atoms with Crippen molar-refractivity contribution in [1.82, 2.24) is 14.6 Å². The number of fused-ring (bicyclic) bond motifs is 1. The van der Waals surface area contributed by atoms with Crippen LogP contribution in [0, 0.1) is 6.92 Å². The molecule has 2 aromatic heterocycles. The molecule has 3 nitrogen and oxygen atoms in total. The second-order valence-electron chi connectivity index (χ2n) is 2.03. The molecule has 0 atom stereocenters. The Kier molecular flexibility index (Phi) is 2.31. The lowest BCUT2D eigenvalue weighted by Crippen LogP contribution is -1.79. The molecule has 0 unspecified atom stereocenters. The fourth-order valence-electron chi connectivity index (χ4n) is 0.946. The lowest BCUT2D eigenvalue weighted by atomic mass is 10.7. The Labute approximate surface area is 66.0 Å². The maximum Gasteiger partial charge on any atom is 0.132 e. The van der Waals surface area contributed by atoms with Crippen LogP contribution in [0.25, 0.3) is 5.65 Å². The largest absolute Gasteiger partial charge is 0.289 e.